The summed E-state index contributed by atoms with van der Waals surface area (Å²) in [5.74, 6) is 1.08. The van der Waals surface area contributed by atoms with Gasteiger partial charge in [-0.05, 0) is 97.6 Å². The highest BCUT2D eigenvalue weighted by molar-refractivity contribution is 6.24. The van der Waals surface area contributed by atoms with Gasteiger partial charge in [0.15, 0.2) is 0 Å². The molecule has 67 heavy (non-hydrogen) atoms. The van der Waals surface area contributed by atoms with Crippen LogP contribution in [-0.2, 0) is 0 Å². The minimum Gasteiger partial charge on any atom is -0.313 e. The van der Waals surface area contributed by atoms with E-state index >= 15 is 0 Å². The monoisotopic (exact) mass is 856 g/mol. The lowest BCUT2D eigenvalue weighted by molar-refractivity contribution is 0.897. The number of para-hydroxylation sites is 3. The zero-order chi connectivity index (χ0) is 44.7. The molecule has 0 saturated heterocycles. The number of hydrogen-bond acceptors (Lipinski definition) is 2. The molecular formula is C61H40N6. The lowest BCUT2D eigenvalue weighted by Crippen LogP contribution is -2.06. The summed E-state index contributed by atoms with van der Waals surface area (Å²) >= 11 is 0. The molecule has 0 radical (unpaired) electrons. The van der Waals surface area contributed by atoms with Crippen LogP contribution in [0.3, 0.4) is 0 Å². The molecule has 4 heterocycles. The molecule has 6 heteroatoms. The molecule has 2 atom stereocenters. The van der Waals surface area contributed by atoms with Crippen LogP contribution in [0.25, 0.3) is 111 Å². The van der Waals surface area contributed by atoms with Crippen LogP contribution in [0.5, 0.6) is 0 Å². The third kappa shape index (κ3) is 5.07. The van der Waals surface area contributed by atoms with Crippen molar-refractivity contribution < 1.29 is 0 Å². The van der Waals surface area contributed by atoms with Crippen molar-refractivity contribution in [3.8, 4) is 34.9 Å². The lowest BCUT2D eigenvalue weighted by atomic mass is 10.0. The van der Waals surface area contributed by atoms with Gasteiger partial charge in [-0.2, -0.15) is 10.5 Å². The maximum Gasteiger partial charge on any atom is 0.101 e. The number of aromatic nitrogens is 4. The highest BCUT2D eigenvalue weighted by Gasteiger charge is 2.43. The first-order valence-corrected chi connectivity index (χ1v) is 23.1. The quantitative estimate of drug-likeness (QED) is 0.173. The molecule has 8 aromatic carbocycles. The number of rotatable bonds is 5. The summed E-state index contributed by atoms with van der Waals surface area (Å²) in [5, 5.41) is 31.8. The molecule has 0 aliphatic heterocycles. The van der Waals surface area contributed by atoms with Gasteiger partial charge >= 0.3 is 0 Å². The van der Waals surface area contributed by atoms with Gasteiger partial charge in [0.1, 0.15) is 12.1 Å². The van der Waals surface area contributed by atoms with Crippen molar-refractivity contribution in [1.82, 2.24) is 18.3 Å². The molecule has 0 spiro atoms. The fourth-order valence-electron chi connectivity index (χ4n) is 11.9. The van der Waals surface area contributed by atoms with E-state index in [1.165, 1.54) is 28.6 Å². The summed E-state index contributed by atoms with van der Waals surface area (Å²) in [6.07, 6.45) is 10.1. The average molecular weight is 857 g/mol. The summed E-state index contributed by atoms with van der Waals surface area (Å²) in [7, 11) is 0. The second-order valence-electron chi connectivity index (χ2n) is 18.2. The number of fused-ring (bicyclic) bond motifs is 15. The zero-order valence-corrected chi connectivity index (χ0v) is 36.9. The highest BCUT2D eigenvalue weighted by atomic mass is 15.1. The molecule has 1 saturated carbocycles. The molecule has 2 aliphatic carbocycles. The van der Waals surface area contributed by atoms with E-state index in [-0.39, 0.29) is 0 Å². The van der Waals surface area contributed by atoms with Crippen LogP contribution in [0, 0.1) is 35.5 Å². The minimum absolute atomic E-state index is 0.475. The van der Waals surface area contributed by atoms with E-state index in [0.717, 1.165) is 87.9 Å². The Morgan fingerprint density at radius 3 is 1.93 bits per heavy atom. The molecule has 2 aliphatic rings. The van der Waals surface area contributed by atoms with Crippen LogP contribution in [0.2, 0.25) is 0 Å². The Morgan fingerprint density at radius 1 is 0.537 bits per heavy atom. The molecular weight excluding hydrogens is 817 g/mol. The van der Waals surface area contributed by atoms with Crippen molar-refractivity contribution in [3.63, 3.8) is 0 Å². The average Bonchev–Trinajstić information content (AvgIpc) is 3.70. The molecule has 314 valence electrons. The number of nitrogens with zero attached hydrogens (tertiary/aromatic N) is 6. The number of nitriles is 2. The van der Waals surface area contributed by atoms with E-state index in [0.29, 0.717) is 34.3 Å². The second-order valence-corrected chi connectivity index (χ2v) is 18.2. The fourth-order valence-corrected chi connectivity index (χ4v) is 11.9. The molecule has 14 rings (SSSR count). The normalized spacial score (nSPS) is 15.4. The van der Waals surface area contributed by atoms with Gasteiger partial charge < -0.3 is 18.3 Å². The molecule has 1 unspecified atom stereocenters. The number of benzene rings is 8. The molecule has 1 fully saturated rings. The van der Waals surface area contributed by atoms with Gasteiger partial charge in [-0.15, -0.1) is 0 Å². The van der Waals surface area contributed by atoms with Crippen LogP contribution in [0.15, 0.2) is 170 Å². The van der Waals surface area contributed by atoms with E-state index in [1.54, 1.807) is 0 Å². The first-order valence-electron chi connectivity index (χ1n) is 23.1. The number of allylic oxidation sites excluding steroid dienone is 2. The van der Waals surface area contributed by atoms with Gasteiger partial charge in [-0.1, -0.05) is 121 Å². The van der Waals surface area contributed by atoms with Gasteiger partial charge in [0.25, 0.3) is 0 Å². The SMILES string of the molecule is C/C=C\c1c(C)n(-c2cc(C#N)c(-n3c4ccc(-n5c6c(c7ccccc75)C=C[C@H]5CC65)cc4c4ccc5c6ccccc6n(-c6ccccc6)c5c43)cc2C#N)c2ccc3ccccc3c12. The van der Waals surface area contributed by atoms with Crippen LogP contribution in [0.4, 0.5) is 0 Å². The third-order valence-electron chi connectivity index (χ3n) is 14.8. The predicted molar refractivity (Wildman–Crippen MR) is 275 cm³/mol. The smallest absolute Gasteiger partial charge is 0.101 e. The van der Waals surface area contributed by atoms with Crippen LogP contribution >= 0.6 is 0 Å². The van der Waals surface area contributed by atoms with Crippen molar-refractivity contribution in [1.29, 1.82) is 10.5 Å². The summed E-state index contributed by atoms with van der Waals surface area (Å²) < 4.78 is 9.30. The summed E-state index contributed by atoms with van der Waals surface area (Å²) in [6.45, 7) is 4.15. The summed E-state index contributed by atoms with van der Waals surface area (Å²) in [4.78, 5) is 0. The van der Waals surface area contributed by atoms with E-state index < -0.39 is 0 Å². The van der Waals surface area contributed by atoms with Gasteiger partial charge in [0.05, 0.1) is 55.6 Å². The topological polar surface area (TPSA) is 67.3 Å². The number of hydrogen-bond donors (Lipinski definition) is 0. The Bertz CT molecular complexity index is 4300. The Labute approximate surface area is 386 Å². The first kappa shape index (κ1) is 37.5. The van der Waals surface area contributed by atoms with Crippen molar-refractivity contribution in [2.24, 2.45) is 5.92 Å². The Morgan fingerprint density at radius 2 is 1.16 bits per heavy atom. The Balaban J connectivity index is 1.11. The van der Waals surface area contributed by atoms with E-state index in [4.69, 9.17) is 0 Å². The standard InChI is InChI=1S/C61H40N6/c1-3-13-43-36(2)64(55-28-23-37-14-7-8-17-44(37)58(43)55)56-31-40(35-63)57(32-39(56)34-62)67-54-29-24-42(66-53-21-12-9-18-45(53)47-25-22-38-30-50(38)59(47)66)33-51(54)49-27-26-48-46-19-10-11-20-52(46)65(60(48)61(49)67)41-15-5-4-6-16-41/h3-29,31-33,38,50H,30H2,1-2H3/b13-3-/t38-,50?/m0/s1. The Kier molecular flexibility index (Phi) is 7.75. The largest absolute Gasteiger partial charge is 0.313 e. The summed E-state index contributed by atoms with van der Waals surface area (Å²) in [5.41, 5.74) is 15.5. The third-order valence-corrected chi connectivity index (χ3v) is 14.8. The van der Waals surface area contributed by atoms with Gasteiger partial charge in [-0.3, -0.25) is 0 Å². The van der Waals surface area contributed by atoms with Crippen molar-refractivity contribution >= 4 is 88.3 Å². The maximum atomic E-state index is 11.4. The van der Waals surface area contributed by atoms with E-state index in [2.05, 4.69) is 207 Å². The van der Waals surface area contributed by atoms with Crippen molar-refractivity contribution in [2.75, 3.05) is 0 Å². The van der Waals surface area contributed by atoms with Crippen LogP contribution in [-0.4, -0.2) is 18.3 Å². The fraction of sp³-hybridized carbons (Fsp3) is 0.0820. The van der Waals surface area contributed by atoms with Crippen molar-refractivity contribution in [2.45, 2.75) is 26.2 Å². The minimum atomic E-state index is 0.475. The van der Waals surface area contributed by atoms with E-state index in [9.17, 15) is 10.5 Å². The molecule has 6 nitrogen and oxygen atoms in total. The molecule has 4 aromatic heterocycles. The lowest BCUT2D eigenvalue weighted by Gasteiger charge is -2.17. The maximum absolute atomic E-state index is 11.4. The molecule has 0 amide bonds. The zero-order valence-electron chi connectivity index (χ0n) is 36.9. The van der Waals surface area contributed by atoms with Crippen molar-refractivity contribution in [3.05, 3.63) is 204 Å². The Hall–Kier alpha value is -8.84. The van der Waals surface area contributed by atoms with Crippen LogP contribution in [0.1, 0.15) is 52.9 Å². The molecule has 0 N–H and O–H groups in total. The van der Waals surface area contributed by atoms with Gasteiger partial charge in [0, 0.05) is 72.1 Å². The highest BCUT2D eigenvalue weighted by Crippen LogP contribution is 2.55. The molecule has 12 aromatic rings. The summed E-state index contributed by atoms with van der Waals surface area (Å²) in [6, 6.07) is 61.2. The van der Waals surface area contributed by atoms with Gasteiger partial charge in [-0.25, -0.2) is 0 Å². The van der Waals surface area contributed by atoms with Gasteiger partial charge in [0.2, 0.25) is 0 Å². The second kappa shape index (κ2) is 13.8. The first-order chi connectivity index (χ1) is 33.1. The van der Waals surface area contributed by atoms with Crippen LogP contribution < -0.4 is 0 Å². The molecule has 0 bridgehead atoms. The van der Waals surface area contributed by atoms with E-state index in [1.807, 2.05) is 19.1 Å². The predicted octanol–water partition coefficient (Wildman–Crippen LogP) is 15.1.